The molecule has 0 radical (unpaired) electrons. The fraction of sp³-hybridized carbons (Fsp3) is 0.316. The number of nitrogens with two attached hydrogens (primary N) is 1. The van der Waals surface area contributed by atoms with E-state index in [0.29, 0.717) is 24.9 Å². The summed E-state index contributed by atoms with van der Waals surface area (Å²) in [5, 5.41) is 2.93. The molecule has 0 fully saturated rings. The van der Waals surface area contributed by atoms with Crippen LogP contribution in [0.4, 0.5) is 10.1 Å². The Labute approximate surface area is 136 Å². The molecule has 2 aromatic carbocycles. The van der Waals surface area contributed by atoms with E-state index < -0.39 is 0 Å². The number of hydrogen-bond donors (Lipinski definition) is 2. The summed E-state index contributed by atoms with van der Waals surface area (Å²) in [5.41, 5.74) is 8.17. The molecule has 1 unspecified atom stereocenters. The monoisotopic (exact) mass is 314 g/mol. The molecule has 0 spiro atoms. The number of benzene rings is 2. The fourth-order valence-electron chi connectivity index (χ4n) is 2.39. The zero-order chi connectivity index (χ0) is 16.7. The van der Waals surface area contributed by atoms with Crippen molar-refractivity contribution in [3.05, 3.63) is 65.5 Å². The van der Waals surface area contributed by atoms with Gasteiger partial charge in [0.2, 0.25) is 5.91 Å². The van der Waals surface area contributed by atoms with Gasteiger partial charge in [-0.25, -0.2) is 4.39 Å². The van der Waals surface area contributed by atoms with Crippen LogP contribution in [0.15, 0.2) is 48.5 Å². The number of nitrogen functional groups attached to an aromatic ring is 1. The minimum atomic E-state index is -0.205. The summed E-state index contributed by atoms with van der Waals surface area (Å²) >= 11 is 0. The first-order chi connectivity index (χ1) is 11.1. The van der Waals surface area contributed by atoms with Gasteiger partial charge in [-0.05, 0) is 48.6 Å². The van der Waals surface area contributed by atoms with Crippen molar-refractivity contribution in [1.82, 2.24) is 5.32 Å². The number of carbonyl (C=O) groups excluding carboxylic acids is 1. The third kappa shape index (κ3) is 5.40. The second-order valence-electron chi connectivity index (χ2n) is 5.81. The van der Waals surface area contributed by atoms with Crippen LogP contribution in [0.5, 0.6) is 0 Å². The van der Waals surface area contributed by atoms with Crippen LogP contribution in [0.25, 0.3) is 0 Å². The highest BCUT2D eigenvalue weighted by Gasteiger charge is 2.13. The van der Waals surface area contributed by atoms with Crippen LogP contribution in [-0.4, -0.2) is 12.5 Å². The van der Waals surface area contributed by atoms with E-state index >= 15 is 0 Å². The van der Waals surface area contributed by atoms with Crippen LogP contribution in [0.1, 0.15) is 24.5 Å². The Morgan fingerprint density at radius 1 is 1.13 bits per heavy atom. The molecular formula is C19H23FN2O. The van der Waals surface area contributed by atoms with Crippen LogP contribution in [0, 0.1) is 11.7 Å². The van der Waals surface area contributed by atoms with Crippen molar-refractivity contribution in [2.75, 3.05) is 12.3 Å². The highest BCUT2D eigenvalue weighted by atomic mass is 19.1. The maximum absolute atomic E-state index is 13.6. The van der Waals surface area contributed by atoms with Crippen molar-refractivity contribution < 1.29 is 9.18 Å². The highest BCUT2D eigenvalue weighted by molar-refractivity contribution is 5.78. The smallest absolute Gasteiger partial charge is 0.222 e. The van der Waals surface area contributed by atoms with Crippen molar-refractivity contribution in [2.24, 2.45) is 5.92 Å². The molecule has 0 saturated heterocycles. The summed E-state index contributed by atoms with van der Waals surface area (Å²) in [5.74, 6) is -0.332. The molecule has 1 atom stereocenters. The van der Waals surface area contributed by atoms with E-state index in [4.69, 9.17) is 5.73 Å². The Morgan fingerprint density at radius 3 is 2.52 bits per heavy atom. The summed E-state index contributed by atoms with van der Waals surface area (Å²) < 4.78 is 13.6. The number of carbonyl (C=O) groups is 1. The number of aryl methyl sites for hydroxylation is 1. The third-order valence-electron chi connectivity index (χ3n) is 3.94. The highest BCUT2D eigenvalue weighted by Crippen LogP contribution is 2.13. The van der Waals surface area contributed by atoms with E-state index in [9.17, 15) is 9.18 Å². The van der Waals surface area contributed by atoms with Gasteiger partial charge in [0.1, 0.15) is 5.82 Å². The van der Waals surface area contributed by atoms with Crippen molar-refractivity contribution in [2.45, 2.75) is 26.2 Å². The van der Waals surface area contributed by atoms with Crippen LogP contribution in [-0.2, 0) is 17.6 Å². The Bertz CT molecular complexity index is 640. The molecule has 0 aliphatic carbocycles. The Morgan fingerprint density at radius 2 is 1.83 bits per heavy atom. The number of amides is 1. The number of nitrogens with one attached hydrogen (secondary N) is 1. The second kappa shape index (κ2) is 8.32. The molecule has 4 heteroatoms. The molecule has 0 bridgehead atoms. The zero-order valence-electron chi connectivity index (χ0n) is 13.4. The van der Waals surface area contributed by atoms with Gasteiger partial charge < -0.3 is 11.1 Å². The molecule has 122 valence electrons. The van der Waals surface area contributed by atoms with Gasteiger partial charge >= 0.3 is 0 Å². The topological polar surface area (TPSA) is 55.1 Å². The predicted octanol–water partition coefficient (Wildman–Crippen LogP) is 3.34. The molecule has 3 N–H and O–H groups in total. The molecule has 2 aromatic rings. The fourth-order valence-corrected chi connectivity index (χ4v) is 2.39. The normalized spacial score (nSPS) is 11.9. The molecule has 23 heavy (non-hydrogen) atoms. The lowest BCUT2D eigenvalue weighted by atomic mass is 10.00. The molecular weight excluding hydrogens is 291 g/mol. The van der Waals surface area contributed by atoms with Gasteiger partial charge in [0.05, 0.1) is 0 Å². The van der Waals surface area contributed by atoms with Crippen LogP contribution in [0.3, 0.4) is 0 Å². The molecule has 0 aliphatic heterocycles. The minimum Gasteiger partial charge on any atom is -0.399 e. The summed E-state index contributed by atoms with van der Waals surface area (Å²) in [6.45, 7) is 2.46. The standard InChI is InChI=1S/C19H23FN2O/c1-14(6-9-16-4-2-3-5-18(16)20)19(23)22-13-12-15-7-10-17(21)11-8-15/h2-5,7-8,10-11,14H,6,9,12-13,21H2,1H3,(H,22,23). The lowest BCUT2D eigenvalue weighted by Crippen LogP contribution is -2.31. The maximum Gasteiger partial charge on any atom is 0.222 e. The average molecular weight is 314 g/mol. The van der Waals surface area contributed by atoms with E-state index in [2.05, 4.69) is 5.32 Å². The Hall–Kier alpha value is -2.36. The van der Waals surface area contributed by atoms with Crippen molar-refractivity contribution in [3.63, 3.8) is 0 Å². The molecule has 0 aromatic heterocycles. The second-order valence-corrected chi connectivity index (χ2v) is 5.81. The summed E-state index contributed by atoms with van der Waals surface area (Å²) in [7, 11) is 0. The Kier molecular flexibility index (Phi) is 6.15. The molecule has 0 heterocycles. The van der Waals surface area contributed by atoms with Crippen LogP contribution in [0.2, 0.25) is 0 Å². The SMILES string of the molecule is CC(CCc1ccccc1F)C(=O)NCCc1ccc(N)cc1. The largest absolute Gasteiger partial charge is 0.399 e. The first-order valence-corrected chi connectivity index (χ1v) is 7.92. The maximum atomic E-state index is 13.6. The quantitative estimate of drug-likeness (QED) is 0.770. The molecule has 3 nitrogen and oxygen atoms in total. The van der Waals surface area contributed by atoms with Gasteiger partial charge in [-0.2, -0.15) is 0 Å². The van der Waals surface area contributed by atoms with Gasteiger partial charge in [0.15, 0.2) is 0 Å². The minimum absolute atomic E-state index is 0.0109. The van der Waals surface area contributed by atoms with E-state index in [1.165, 1.54) is 6.07 Å². The Balaban J connectivity index is 1.72. The number of halogens is 1. The van der Waals surface area contributed by atoms with Gasteiger partial charge in [0, 0.05) is 18.2 Å². The molecule has 0 aliphatic rings. The van der Waals surface area contributed by atoms with E-state index in [0.717, 1.165) is 17.7 Å². The predicted molar refractivity (Wildman–Crippen MR) is 91.5 cm³/mol. The van der Waals surface area contributed by atoms with Gasteiger partial charge in [-0.15, -0.1) is 0 Å². The van der Waals surface area contributed by atoms with Crippen LogP contribution < -0.4 is 11.1 Å². The lowest BCUT2D eigenvalue weighted by molar-refractivity contribution is -0.124. The van der Waals surface area contributed by atoms with E-state index in [1.807, 2.05) is 37.3 Å². The summed E-state index contributed by atoms with van der Waals surface area (Å²) in [6.07, 6.45) is 1.97. The molecule has 0 saturated carbocycles. The van der Waals surface area contributed by atoms with Crippen molar-refractivity contribution >= 4 is 11.6 Å². The first-order valence-electron chi connectivity index (χ1n) is 7.92. The van der Waals surface area contributed by atoms with Crippen molar-refractivity contribution in [3.8, 4) is 0 Å². The summed E-state index contributed by atoms with van der Waals surface area (Å²) in [4.78, 5) is 12.1. The number of anilines is 1. The van der Waals surface area contributed by atoms with E-state index in [-0.39, 0.29) is 17.6 Å². The van der Waals surface area contributed by atoms with Gasteiger partial charge in [0.25, 0.3) is 0 Å². The lowest BCUT2D eigenvalue weighted by Gasteiger charge is -2.12. The van der Waals surface area contributed by atoms with E-state index in [1.54, 1.807) is 12.1 Å². The van der Waals surface area contributed by atoms with Crippen molar-refractivity contribution in [1.29, 1.82) is 0 Å². The number of rotatable bonds is 7. The number of hydrogen-bond acceptors (Lipinski definition) is 2. The first kappa shape index (κ1) is 17.0. The third-order valence-corrected chi connectivity index (χ3v) is 3.94. The molecule has 1 amide bonds. The van der Waals surface area contributed by atoms with Gasteiger partial charge in [-0.1, -0.05) is 37.3 Å². The average Bonchev–Trinajstić information content (AvgIpc) is 2.55. The zero-order valence-corrected chi connectivity index (χ0v) is 13.4. The molecule has 2 rings (SSSR count). The van der Waals surface area contributed by atoms with Gasteiger partial charge in [-0.3, -0.25) is 4.79 Å². The summed E-state index contributed by atoms with van der Waals surface area (Å²) in [6, 6.07) is 14.3. The van der Waals surface area contributed by atoms with Crippen LogP contribution >= 0.6 is 0 Å².